The zero-order valence-corrected chi connectivity index (χ0v) is 13.5. The van der Waals surface area contributed by atoms with Crippen molar-refractivity contribution in [2.24, 2.45) is 0 Å². The van der Waals surface area contributed by atoms with Crippen LogP contribution in [0.1, 0.15) is 0 Å². The molecule has 0 amide bonds. The summed E-state index contributed by atoms with van der Waals surface area (Å²) in [7, 11) is 1.31. The third-order valence-electron chi connectivity index (χ3n) is 3.19. The minimum Gasteiger partial charge on any atom is -0.468 e. The van der Waals surface area contributed by atoms with Crippen LogP contribution in [0, 0.1) is 5.82 Å². The van der Waals surface area contributed by atoms with E-state index in [2.05, 4.69) is 19.9 Å². The fourth-order valence-corrected chi connectivity index (χ4v) is 2.86. The third-order valence-corrected chi connectivity index (χ3v) is 4.10. The van der Waals surface area contributed by atoms with Crippen LogP contribution in [-0.2, 0) is 9.53 Å². The van der Waals surface area contributed by atoms with Crippen LogP contribution < -0.4 is 0 Å². The van der Waals surface area contributed by atoms with Crippen LogP contribution in [0.15, 0.2) is 53.9 Å². The SMILES string of the molecule is COC(=O)CSc1nnc(-c2cccnc2)n1-c1ccccc1F. The molecular formula is C16H13FN4O2S. The lowest BCUT2D eigenvalue weighted by molar-refractivity contribution is -0.137. The number of benzene rings is 1. The van der Waals surface area contributed by atoms with E-state index in [1.165, 1.54) is 13.2 Å². The molecule has 0 saturated heterocycles. The monoisotopic (exact) mass is 344 g/mol. The normalized spacial score (nSPS) is 10.6. The number of methoxy groups -OCH3 is 1. The Morgan fingerprint density at radius 1 is 1.25 bits per heavy atom. The first kappa shape index (κ1) is 16.1. The summed E-state index contributed by atoms with van der Waals surface area (Å²) in [5, 5.41) is 8.62. The highest BCUT2D eigenvalue weighted by molar-refractivity contribution is 7.99. The van der Waals surface area contributed by atoms with E-state index in [4.69, 9.17) is 0 Å². The fourth-order valence-electron chi connectivity index (χ4n) is 2.08. The van der Waals surface area contributed by atoms with Gasteiger partial charge in [0.05, 0.1) is 18.6 Å². The molecule has 1 aromatic carbocycles. The Labute approximate surface area is 141 Å². The predicted molar refractivity (Wildman–Crippen MR) is 87.3 cm³/mol. The molecule has 0 aliphatic carbocycles. The molecular weight excluding hydrogens is 331 g/mol. The van der Waals surface area contributed by atoms with Crippen LogP contribution in [0.3, 0.4) is 0 Å². The maximum Gasteiger partial charge on any atom is 0.316 e. The zero-order chi connectivity index (χ0) is 16.9. The Bertz CT molecular complexity index is 854. The van der Waals surface area contributed by atoms with E-state index in [0.29, 0.717) is 22.2 Å². The Balaban J connectivity index is 2.09. The minimum absolute atomic E-state index is 0.0517. The second kappa shape index (κ2) is 7.22. The molecule has 0 spiro atoms. The summed E-state index contributed by atoms with van der Waals surface area (Å²) in [5.74, 6) is -0.315. The van der Waals surface area contributed by atoms with Gasteiger partial charge in [-0.25, -0.2) is 4.39 Å². The maximum absolute atomic E-state index is 14.3. The minimum atomic E-state index is -0.414. The molecule has 3 rings (SSSR count). The lowest BCUT2D eigenvalue weighted by Crippen LogP contribution is -2.06. The summed E-state index contributed by atoms with van der Waals surface area (Å²) < 4.78 is 20.5. The van der Waals surface area contributed by atoms with E-state index in [0.717, 1.165) is 11.8 Å². The van der Waals surface area contributed by atoms with Gasteiger partial charge in [-0.1, -0.05) is 23.9 Å². The van der Waals surface area contributed by atoms with Gasteiger partial charge in [0, 0.05) is 18.0 Å². The van der Waals surface area contributed by atoms with E-state index in [1.807, 2.05) is 6.07 Å². The molecule has 0 atom stereocenters. The number of pyridine rings is 1. The first-order chi connectivity index (χ1) is 11.7. The fraction of sp³-hybridized carbons (Fsp3) is 0.125. The van der Waals surface area contributed by atoms with Gasteiger partial charge in [0.25, 0.3) is 0 Å². The highest BCUT2D eigenvalue weighted by Gasteiger charge is 2.19. The van der Waals surface area contributed by atoms with E-state index >= 15 is 0 Å². The number of halogens is 1. The largest absolute Gasteiger partial charge is 0.468 e. The van der Waals surface area contributed by atoms with Crippen molar-refractivity contribution in [2.75, 3.05) is 12.9 Å². The van der Waals surface area contributed by atoms with Crippen LogP contribution in [-0.4, -0.2) is 38.6 Å². The molecule has 2 aromatic heterocycles. The van der Waals surface area contributed by atoms with Gasteiger partial charge in [-0.05, 0) is 24.3 Å². The van der Waals surface area contributed by atoms with Crippen molar-refractivity contribution in [2.45, 2.75) is 5.16 Å². The van der Waals surface area contributed by atoms with Gasteiger partial charge < -0.3 is 4.74 Å². The number of carbonyl (C=O) groups excluding carboxylic acids is 1. The average molecular weight is 344 g/mol. The number of ether oxygens (including phenoxy) is 1. The van der Waals surface area contributed by atoms with E-state index < -0.39 is 11.8 Å². The summed E-state index contributed by atoms with van der Waals surface area (Å²) in [4.78, 5) is 15.5. The van der Waals surface area contributed by atoms with Gasteiger partial charge in [0.2, 0.25) is 0 Å². The van der Waals surface area contributed by atoms with Gasteiger partial charge in [0.1, 0.15) is 5.82 Å². The summed E-state index contributed by atoms with van der Waals surface area (Å²) in [5.41, 5.74) is 0.992. The number of nitrogens with zero attached hydrogens (tertiary/aromatic N) is 4. The van der Waals surface area contributed by atoms with Gasteiger partial charge in [-0.15, -0.1) is 10.2 Å². The van der Waals surface area contributed by atoms with Crippen LogP contribution in [0.4, 0.5) is 4.39 Å². The lowest BCUT2D eigenvalue weighted by atomic mass is 10.2. The second-order valence-corrected chi connectivity index (χ2v) is 5.64. The number of carbonyl (C=O) groups is 1. The molecule has 0 fully saturated rings. The molecule has 6 nitrogen and oxygen atoms in total. The van der Waals surface area contributed by atoms with Crippen LogP contribution >= 0.6 is 11.8 Å². The van der Waals surface area contributed by atoms with Crippen molar-refractivity contribution in [3.8, 4) is 17.1 Å². The quantitative estimate of drug-likeness (QED) is 0.524. The van der Waals surface area contributed by atoms with Crippen molar-refractivity contribution in [3.05, 3.63) is 54.6 Å². The number of hydrogen-bond acceptors (Lipinski definition) is 6. The van der Waals surface area contributed by atoms with Gasteiger partial charge in [-0.3, -0.25) is 14.3 Å². The molecule has 8 heteroatoms. The Morgan fingerprint density at radius 2 is 2.08 bits per heavy atom. The van der Waals surface area contributed by atoms with Gasteiger partial charge in [-0.2, -0.15) is 0 Å². The standard InChI is InChI=1S/C16H13FN4O2S/c1-23-14(22)10-24-16-20-19-15(11-5-4-8-18-9-11)21(16)13-7-3-2-6-12(13)17/h2-9H,10H2,1H3. The molecule has 0 saturated carbocycles. The van der Waals surface area contributed by atoms with Crippen molar-refractivity contribution >= 4 is 17.7 Å². The second-order valence-electron chi connectivity index (χ2n) is 4.70. The van der Waals surface area contributed by atoms with Gasteiger partial charge >= 0.3 is 5.97 Å². The smallest absolute Gasteiger partial charge is 0.316 e. The molecule has 0 bridgehead atoms. The summed E-state index contributed by atoms with van der Waals surface area (Å²) in [6.45, 7) is 0. The number of esters is 1. The van der Waals surface area contributed by atoms with Crippen molar-refractivity contribution in [1.29, 1.82) is 0 Å². The molecule has 0 aliphatic heterocycles. The Morgan fingerprint density at radius 3 is 2.79 bits per heavy atom. The summed E-state index contributed by atoms with van der Waals surface area (Å²) in [6.07, 6.45) is 3.26. The lowest BCUT2D eigenvalue weighted by Gasteiger charge is -2.10. The number of para-hydroxylation sites is 1. The van der Waals surface area contributed by atoms with Crippen LogP contribution in [0.2, 0.25) is 0 Å². The molecule has 122 valence electrons. The van der Waals surface area contributed by atoms with E-state index in [-0.39, 0.29) is 5.75 Å². The van der Waals surface area contributed by atoms with Crippen molar-refractivity contribution in [3.63, 3.8) is 0 Å². The third kappa shape index (κ3) is 3.28. The predicted octanol–water partition coefficient (Wildman–Crippen LogP) is 2.73. The molecule has 0 aliphatic rings. The molecule has 3 aromatic rings. The maximum atomic E-state index is 14.3. The molecule has 0 radical (unpaired) electrons. The summed E-state index contributed by atoms with van der Waals surface area (Å²) >= 11 is 1.13. The number of hydrogen-bond donors (Lipinski definition) is 0. The molecule has 0 N–H and O–H groups in total. The number of rotatable bonds is 5. The highest BCUT2D eigenvalue weighted by Crippen LogP contribution is 2.28. The van der Waals surface area contributed by atoms with Crippen molar-refractivity contribution < 1.29 is 13.9 Å². The first-order valence-electron chi connectivity index (χ1n) is 7.01. The molecule has 0 unspecified atom stereocenters. The average Bonchev–Trinajstić information content (AvgIpc) is 3.04. The van der Waals surface area contributed by atoms with Crippen LogP contribution in [0.25, 0.3) is 17.1 Å². The number of aromatic nitrogens is 4. The zero-order valence-electron chi connectivity index (χ0n) is 12.7. The first-order valence-corrected chi connectivity index (χ1v) is 7.99. The van der Waals surface area contributed by atoms with Crippen molar-refractivity contribution in [1.82, 2.24) is 19.7 Å². The molecule has 24 heavy (non-hydrogen) atoms. The van der Waals surface area contributed by atoms with E-state index in [1.54, 1.807) is 41.2 Å². The molecule has 2 heterocycles. The highest BCUT2D eigenvalue weighted by atomic mass is 32.2. The topological polar surface area (TPSA) is 69.9 Å². The van der Waals surface area contributed by atoms with Gasteiger partial charge in [0.15, 0.2) is 11.0 Å². The van der Waals surface area contributed by atoms with Crippen LogP contribution in [0.5, 0.6) is 0 Å². The summed E-state index contributed by atoms with van der Waals surface area (Å²) in [6, 6.07) is 9.88. The number of thioether (sulfide) groups is 1. The Kier molecular flexibility index (Phi) is 4.85. The Hall–Kier alpha value is -2.74. The van der Waals surface area contributed by atoms with E-state index in [9.17, 15) is 9.18 Å².